The van der Waals surface area contributed by atoms with Crippen LogP contribution >= 0.6 is 0 Å². The lowest BCUT2D eigenvalue weighted by molar-refractivity contribution is -0.145. The minimum atomic E-state index is -1.45. The average molecular weight is 703 g/mol. The zero-order valence-corrected chi connectivity index (χ0v) is 29.7. The fourth-order valence-electron chi connectivity index (χ4n) is 6.84. The number of methoxy groups -OCH3 is 1. The van der Waals surface area contributed by atoms with Gasteiger partial charge in [-0.1, -0.05) is 25.0 Å². The Kier molecular flexibility index (Phi) is 9.96. The van der Waals surface area contributed by atoms with Crippen LogP contribution < -0.4 is 20.1 Å². The highest BCUT2D eigenvalue weighted by Gasteiger charge is 2.61. The van der Waals surface area contributed by atoms with Crippen LogP contribution in [0.2, 0.25) is 0 Å². The average Bonchev–Trinajstić information content (AvgIpc) is 3.34. The number of nitrogens with one attached hydrogen (secondary N) is 2. The molecular weight excluding hydrogens is 656 g/mol. The molecule has 3 amide bonds. The highest BCUT2D eigenvalue weighted by molar-refractivity contribution is 5.96. The number of aryl methyl sites for hydroxylation is 1. The number of nitrogens with zero attached hydrogens (tertiary/aromatic N) is 4. The van der Waals surface area contributed by atoms with Crippen molar-refractivity contribution in [3.05, 3.63) is 54.6 Å². The Morgan fingerprint density at radius 2 is 1.94 bits per heavy atom. The maximum Gasteiger partial charge on any atom is 0.408 e. The summed E-state index contributed by atoms with van der Waals surface area (Å²) < 4.78 is 19.3. The number of allylic oxidation sites excluding steroid dienone is 1. The van der Waals surface area contributed by atoms with Crippen molar-refractivity contribution in [2.24, 2.45) is 5.92 Å². The number of alkyl carbamates (subject to hydrolysis) is 1. The van der Waals surface area contributed by atoms with Gasteiger partial charge in [-0.25, -0.2) is 19.6 Å². The molecule has 4 heterocycles. The zero-order chi connectivity index (χ0) is 36.5. The second-order valence-electron chi connectivity index (χ2n) is 14.6. The lowest BCUT2D eigenvalue weighted by Crippen LogP contribution is -2.56. The molecule has 1 aliphatic carbocycles. The molecule has 0 radical (unpaired) electrons. The Hall–Kier alpha value is -5.14. The summed E-state index contributed by atoms with van der Waals surface area (Å²) in [6.07, 6.45) is 9.63. The van der Waals surface area contributed by atoms with Gasteiger partial charge in [0, 0.05) is 36.1 Å². The maximum atomic E-state index is 14.4. The minimum absolute atomic E-state index is 0.0201. The topological polar surface area (TPSA) is 174 Å². The standard InChI is InChI=1S/C37H46N6O8/c1-22-19-42(21-38-22)31-17-30(26-14-13-24(49-5)15-28(26)39-31)50-25-16-29-32(44)41-37(34(46)47)18-23(37)11-9-7-6-8-10-12-27(33(45)43(29)20-25)40-35(48)51-36(2,3)4/h9,11,13-15,17,19,21,23,25,27,29H,6-8,10,12,16,18,20H2,1-5H3,(H,40,48)(H,41,44)(H,46,47)/b11-9-/t23-,25+,27-,29-,37+/m0/s1. The van der Waals surface area contributed by atoms with Crippen molar-refractivity contribution in [2.45, 2.75) is 102 Å². The fourth-order valence-corrected chi connectivity index (χ4v) is 6.84. The summed E-state index contributed by atoms with van der Waals surface area (Å²) in [4.78, 5) is 64.4. The Morgan fingerprint density at radius 3 is 2.65 bits per heavy atom. The van der Waals surface area contributed by atoms with E-state index in [0.717, 1.165) is 25.0 Å². The van der Waals surface area contributed by atoms with Crippen molar-refractivity contribution in [2.75, 3.05) is 13.7 Å². The highest BCUT2D eigenvalue weighted by Crippen LogP contribution is 2.45. The van der Waals surface area contributed by atoms with Crippen LogP contribution in [0.1, 0.15) is 71.4 Å². The van der Waals surface area contributed by atoms with Crippen molar-refractivity contribution in [3.8, 4) is 17.3 Å². The number of aliphatic carboxylic acids is 1. The number of imidazole rings is 1. The third kappa shape index (κ3) is 7.94. The van der Waals surface area contributed by atoms with Crippen LogP contribution in [0.3, 0.4) is 0 Å². The van der Waals surface area contributed by atoms with E-state index in [4.69, 9.17) is 19.2 Å². The molecule has 14 heteroatoms. The molecular formula is C37H46N6O8. The third-order valence-electron chi connectivity index (χ3n) is 9.55. The van der Waals surface area contributed by atoms with E-state index >= 15 is 0 Å². The zero-order valence-electron chi connectivity index (χ0n) is 29.7. The normalized spacial score (nSPS) is 26.2. The molecule has 5 atom stereocenters. The molecule has 6 rings (SSSR count). The second-order valence-corrected chi connectivity index (χ2v) is 14.6. The molecule has 272 valence electrons. The van der Waals surface area contributed by atoms with E-state index in [1.807, 2.05) is 31.3 Å². The van der Waals surface area contributed by atoms with Crippen LogP contribution in [0.25, 0.3) is 16.7 Å². The first-order valence-electron chi connectivity index (χ1n) is 17.4. The van der Waals surface area contributed by atoms with Crippen molar-refractivity contribution < 1.29 is 38.5 Å². The first kappa shape index (κ1) is 35.7. The van der Waals surface area contributed by atoms with Crippen molar-refractivity contribution in [1.29, 1.82) is 0 Å². The number of hydrogen-bond acceptors (Lipinski definition) is 9. The van der Waals surface area contributed by atoms with Gasteiger partial charge in [0.05, 0.1) is 24.9 Å². The van der Waals surface area contributed by atoms with Gasteiger partial charge in [-0.3, -0.25) is 14.2 Å². The van der Waals surface area contributed by atoms with E-state index in [1.54, 1.807) is 57.0 Å². The first-order valence-corrected chi connectivity index (χ1v) is 17.4. The number of hydrogen-bond donors (Lipinski definition) is 3. The monoisotopic (exact) mass is 702 g/mol. The van der Waals surface area contributed by atoms with E-state index in [-0.39, 0.29) is 25.3 Å². The van der Waals surface area contributed by atoms with Gasteiger partial charge in [0.25, 0.3) is 0 Å². The largest absolute Gasteiger partial charge is 0.497 e. The second kappa shape index (κ2) is 14.2. The SMILES string of the molecule is COc1ccc2c(O[C@@H]3C[C@H]4C(=O)N[C@]5(C(=O)O)C[C@@H]5/C=C\CCCCC[C@H](NC(=O)OC(C)(C)C)C(=O)N4C3)cc(-n3cnc(C)c3)nc2c1. The number of aromatic nitrogens is 3. The number of carboxylic acid groups (broad SMARTS) is 1. The van der Waals surface area contributed by atoms with Crippen LogP contribution in [0.4, 0.5) is 4.79 Å². The number of fused-ring (bicyclic) bond motifs is 3. The van der Waals surface area contributed by atoms with Gasteiger partial charge >= 0.3 is 12.1 Å². The molecule has 51 heavy (non-hydrogen) atoms. The molecule has 3 N–H and O–H groups in total. The molecule has 1 aromatic carbocycles. The number of benzene rings is 1. The molecule has 0 bridgehead atoms. The first-order chi connectivity index (χ1) is 24.3. The molecule has 0 spiro atoms. The molecule has 3 aromatic rings. The van der Waals surface area contributed by atoms with Crippen LogP contribution in [0.15, 0.2) is 48.9 Å². The van der Waals surface area contributed by atoms with Gasteiger partial charge < -0.3 is 34.9 Å². The van der Waals surface area contributed by atoms with Crippen molar-refractivity contribution >= 4 is 34.8 Å². The number of pyridine rings is 1. The Bertz CT molecular complexity index is 1850. The van der Waals surface area contributed by atoms with Gasteiger partial charge in [-0.15, -0.1) is 0 Å². The van der Waals surface area contributed by atoms with Crippen LogP contribution in [0.5, 0.6) is 11.5 Å². The predicted molar refractivity (Wildman–Crippen MR) is 187 cm³/mol. The lowest BCUT2D eigenvalue weighted by Gasteiger charge is -2.30. The number of rotatable bonds is 6. The quantitative estimate of drug-likeness (QED) is 0.311. The maximum absolute atomic E-state index is 14.4. The molecule has 0 unspecified atom stereocenters. The molecule has 14 nitrogen and oxygen atoms in total. The summed E-state index contributed by atoms with van der Waals surface area (Å²) in [7, 11) is 1.57. The highest BCUT2D eigenvalue weighted by atomic mass is 16.6. The van der Waals surface area contributed by atoms with Gasteiger partial charge in [-0.05, 0) is 65.5 Å². The summed E-state index contributed by atoms with van der Waals surface area (Å²) in [6.45, 7) is 7.11. The van der Waals surface area contributed by atoms with Gasteiger partial charge in [0.1, 0.15) is 53.0 Å². The Balaban J connectivity index is 1.34. The number of amides is 3. The number of carbonyl (C=O) groups excluding carboxylic acids is 3. The molecule has 1 saturated carbocycles. The van der Waals surface area contributed by atoms with Crippen LogP contribution in [0, 0.1) is 12.8 Å². The Labute approximate surface area is 296 Å². The van der Waals surface area contributed by atoms with Gasteiger partial charge in [0.15, 0.2) is 0 Å². The van der Waals surface area contributed by atoms with Gasteiger partial charge in [-0.2, -0.15) is 0 Å². The van der Waals surface area contributed by atoms with E-state index in [2.05, 4.69) is 15.6 Å². The summed E-state index contributed by atoms with van der Waals surface area (Å²) in [5, 5.41) is 16.4. The molecule has 3 aliphatic rings. The number of carboxylic acids is 1. The summed E-state index contributed by atoms with van der Waals surface area (Å²) >= 11 is 0. The minimum Gasteiger partial charge on any atom is -0.497 e. The summed E-state index contributed by atoms with van der Waals surface area (Å²) in [5.74, 6) is -0.891. The smallest absolute Gasteiger partial charge is 0.408 e. The van der Waals surface area contributed by atoms with Crippen molar-refractivity contribution in [3.63, 3.8) is 0 Å². The molecule has 2 aliphatic heterocycles. The van der Waals surface area contributed by atoms with Crippen molar-refractivity contribution in [1.82, 2.24) is 30.1 Å². The number of ether oxygens (including phenoxy) is 3. The summed E-state index contributed by atoms with van der Waals surface area (Å²) in [5.41, 5.74) is -0.829. The molecule has 1 saturated heterocycles. The van der Waals surface area contributed by atoms with Gasteiger partial charge in [0.2, 0.25) is 11.8 Å². The van der Waals surface area contributed by atoms with Crippen LogP contribution in [-0.2, 0) is 19.1 Å². The van der Waals surface area contributed by atoms with Crippen LogP contribution in [-0.4, -0.2) is 91.4 Å². The number of carbonyl (C=O) groups is 4. The van der Waals surface area contributed by atoms with E-state index in [0.29, 0.717) is 41.1 Å². The summed E-state index contributed by atoms with van der Waals surface area (Å²) in [6, 6.07) is 5.18. The Morgan fingerprint density at radius 1 is 1.14 bits per heavy atom. The third-order valence-corrected chi connectivity index (χ3v) is 9.55. The van der Waals surface area contributed by atoms with E-state index < -0.39 is 53.2 Å². The van der Waals surface area contributed by atoms with E-state index in [1.165, 1.54) is 4.90 Å². The predicted octanol–water partition coefficient (Wildman–Crippen LogP) is 4.46. The molecule has 2 aromatic heterocycles. The molecule has 2 fully saturated rings. The fraction of sp³-hybridized carbons (Fsp3) is 0.514. The van der Waals surface area contributed by atoms with E-state index in [9.17, 15) is 24.3 Å². The lowest BCUT2D eigenvalue weighted by atomic mass is 10.0.